The van der Waals surface area contributed by atoms with Gasteiger partial charge in [0.1, 0.15) is 17.2 Å². The highest BCUT2D eigenvalue weighted by Gasteiger charge is 2.36. The van der Waals surface area contributed by atoms with Gasteiger partial charge < -0.3 is 33.8 Å². The standard InChI is InChI=1S/C46H63N5O7/c1-45(2,3)57-43(55)49(28-25-37(42(53)54)38-33-50(27-18-26-47(7)8)39-24-17-16-23-36(38)39)29-30-51(44(56)58-46(4,5)6)40(31-34-19-12-10-13-20-34)41(52)48(9)32-35-21-14-11-15-22-35/h10-17,19-24,33,37,40H,18,25-32H2,1-9H3,(H,53,54)/t37-,40-/m0/s1. The summed E-state index contributed by atoms with van der Waals surface area (Å²) >= 11 is 0. The molecule has 12 heteroatoms. The summed E-state index contributed by atoms with van der Waals surface area (Å²) in [5.74, 6) is -2.24. The number of para-hydroxylation sites is 1. The maximum atomic E-state index is 14.5. The van der Waals surface area contributed by atoms with Gasteiger partial charge >= 0.3 is 18.2 Å². The summed E-state index contributed by atoms with van der Waals surface area (Å²) in [6.45, 7) is 12.4. The SMILES string of the molecule is CN(C)CCCn1cc([C@H](CCN(CCN(C(=O)OC(C)(C)C)[C@@H](Cc2ccccc2)C(=O)N(C)Cc2ccccc2)C(=O)OC(C)(C)C)C(=O)O)c2ccccc21. The predicted molar refractivity (Wildman–Crippen MR) is 228 cm³/mol. The summed E-state index contributed by atoms with van der Waals surface area (Å²) < 4.78 is 13.9. The second-order valence-electron chi connectivity index (χ2n) is 17.2. The van der Waals surface area contributed by atoms with Crippen LogP contribution in [0.3, 0.4) is 0 Å². The number of carboxylic acids is 1. The molecule has 3 aromatic carbocycles. The summed E-state index contributed by atoms with van der Waals surface area (Å²) in [6, 6.07) is 25.9. The second-order valence-corrected chi connectivity index (χ2v) is 17.2. The van der Waals surface area contributed by atoms with Gasteiger partial charge in [0.15, 0.2) is 0 Å². The zero-order chi connectivity index (χ0) is 42.6. The molecular weight excluding hydrogens is 735 g/mol. The molecule has 0 spiro atoms. The van der Waals surface area contributed by atoms with E-state index in [9.17, 15) is 24.3 Å². The number of carboxylic acid groups (broad SMARTS) is 1. The summed E-state index contributed by atoms with van der Waals surface area (Å²) in [5.41, 5.74) is 1.67. The number of aryl methyl sites for hydroxylation is 1. The molecule has 4 rings (SSSR count). The van der Waals surface area contributed by atoms with Crippen molar-refractivity contribution in [3.63, 3.8) is 0 Å². The van der Waals surface area contributed by atoms with Crippen molar-refractivity contribution in [2.24, 2.45) is 0 Å². The Hall–Kier alpha value is -5.36. The fourth-order valence-electron chi connectivity index (χ4n) is 6.89. The van der Waals surface area contributed by atoms with E-state index in [4.69, 9.17) is 9.47 Å². The molecule has 3 amide bonds. The van der Waals surface area contributed by atoms with Crippen LogP contribution in [0.25, 0.3) is 10.9 Å². The first kappa shape index (κ1) is 45.3. The van der Waals surface area contributed by atoms with Crippen LogP contribution >= 0.6 is 0 Å². The molecule has 1 N–H and O–H groups in total. The zero-order valence-electron chi connectivity index (χ0n) is 35.8. The smallest absolute Gasteiger partial charge is 0.411 e. The van der Waals surface area contributed by atoms with E-state index in [1.807, 2.05) is 105 Å². The predicted octanol–water partition coefficient (Wildman–Crippen LogP) is 7.90. The summed E-state index contributed by atoms with van der Waals surface area (Å²) in [7, 11) is 5.75. The van der Waals surface area contributed by atoms with Gasteiger partial charge in [0.05, 0.1) is 5.92 Å². The molecule has 0 aliphatic rings. The maximum absolute atomic E-state index is 14.5. The van der Waals surface area contributed by atoms with Crippen LogP contribution in [-0.4, -0.2) is 118 Å². The van der Waals surface area contributed by atoms with Gasteiger partial charge in [0, 0.05) is 63.3 Å². The fourth-order valence-corrected chi connectivity index (χ4v) is 6.89. The minimum atomic E-state index is -1.01. The van der Waals surface area contributed by atoms with Gasteiger partial charge in [-0.1, -0.05) is 78.9 Å². The van der Waals surface area contributed by atoms with Gasteiger partial charge in [-0.2, -0.15) is 0 Å². The number of carbonyl (C=O) groups is 4. The van der Waals surface area contributed by atoms with Crippen molar-refractivity contribution in [2.75, 3.05) is 47.3 Å². The normalized spacial score (nSPS) is 12.9. The number of hydrogen-bond acceptors (Lipinski definition) is 7. The number of ether oxygens (including phenoxy) is 2. The van der Waals surface area contributed by atoms with Gasteiger partial charge in [-0.05, 0) is 97.8 Å². The molecule has 12 nitrogen and oxygen atoms in total. The topological polar surface area (TPSA) is 125 Å². The highest BCUT2D eigenvalue weighted by Crippen LogP contribution is 2.31. The summed E-state index contributed by atoms with van der Waals surface area (Å²) in [4.78, 5) is 62.2. The quantitative estimate of drug-likeness (QED) is 0.108. The Morgan fingerprint density at radius 1 is 0.707 bits per heavy atom. The van der Waals surface area contributed by atoms with Gasteiger partial charge in [-0.15, -0.1) is 0 Å². The molecule has 1 heterocycles. The van der Waals surface area contributed by atoms with Crippen molar-refractivity contribution >= 4 is 35.0 Å². The number of aliphatic carboxylic acids is 1. The van der Waals surface area contributed by atoms with Crippen LogP contribution in [0.15, 0.2) is 91.1 Å². The summed E-state index contributed by atoms with van der Waals surface area (Å²) in [5, 5.41) is 11.5. The van der Waals surface area contributed by atoms with Crippen molar-refractivity contribution < 1.29 is 33.8 Å². The fraction of sp³-hybridized carbons (Fsp3) is 0.478. The number of hydrogen-bond donors (Lipinski definition) is 1. The number of benzene rings is 3. The number of aromatic nitrogens is 1. The minimum Gasteiger partial charge on any atom is -0.481 e. The van der Waals surface area contributed by atoms with Crippen LogP contribution in [0.5, 0.6) is 0 Å². The van der Waals surface area contributed by atoms with Crippen LogP contribution in [0.4, 0.5) is 9.59 Å². The third-order valence-corrected chi connectivity index (χ3v) is 9.65. The Balaban J connectivity index is 1.68. The molecule has 0 saturated carbocycles. The first-order valence-corrected chi connectivity index (χ1v) is 20.1. The van der Waals surface area contributed by atoms with Crippen molar-refractivity contribution in [3.8, 4) is 0 Å². The van der Waals surface area contributed by atoms with Gasteiger partial charge in [0.2, 0.25) is 5.91 Å². The van der Waals surface area contributed by atoms with Crippen LogP contribution in [0.2, 0.25) is 0 Å². The number of amides is 3. The highest BCUT2D eigenvalue weighted by molar-refractivity contribution is 5.90. The van der Waals surface area contributed by atoms with E-state index in [2.05, 4.69) is 9.47 Å². The van der Waals surface area contributed by atoms with Gasteiger partial charge in [0.25, 0.3) is 0 Å². The van der Waals surface area contributed by atoms with E-state index < -0.39 is 41.3 Å². The molecule has 1 aromatic heterocycles. The Kier molecular flexibility index (Phi) is 15.9. The van der Waals surface area contributed by atoms with Crippen LogP contribution in [0.1, 0.15) is 77.0 Å². The van der Waals surface area contributed by atoms with E-state index in [-0.39, 0.29) is 38.4 Å². The average molecular weight is 798 g/mol. The van der Waals surface area contributed by atoms with Crippen molar-refractivity contribution in [2.45, 2.75) is 97.1 Å². The minimum absolute atomic E-state index is 0.0133. The molecule has 0 unspecified atom stereocenters. The second kappa shape index (κ2) is 20.4. The number of carbonyl (C=O) groups excluding carboxylic acids is 3. The molecule has 0 radical (unpaired) electrons. The monoisotopic (exact) mass is 797 g/mol. The largest absolute Gasteiger partial charge is 0.481 e. The van der Waals surface area contributed by atoms with E-state index in [0.717, 1.165) is 41.5 Å². The number of nitrogens with zero attached hydrogens (tertiary/aromatic N) is 5. The third kappa shape index (κ3) is 13.6. The summed E-state index contributed by atoms with van der Waals surface area (Å²) in [6.07, 6.45) is 1.73. The van der Waals surface area contributed by atoms with Crippen LogP contribution in [0, 0.1) is 0 Å². The molecule has 4 aromatic rings. The van der Waals surface area contributed by atoms with E-state index in [1.165, 1.54) is 9.80 Å². The Labute approximate surface area is 344 Å². The van der Waals surface area contributed by atoms with Gasteiger partial charge in [-0.3, -0.25) is 14.5 Å². The lowest BCUT2D eigenvalue weighted by molar-refractivity contribution is -0.139. The van der Waals surface area contributed by atoms with Crippen molar-refractivity contribution in [3.05, 3.63) is 108 Å². The maximum Gasteiger partial charge on any atom is 0.411 e. The lowest BCUT2D eigenvalue weighted by atomic mass is 9.95. The molecule has 0 aliphatic heterocycles. The first-order valence-electron chi connectivity index (χ1n) is 20.1. The Morgan fingerprint density at radius 3 is 1.86 bits per heavy atom. The lowest BCUT2D eigenvalue weighted by Gasteiger charge is -2.36. The van der Waals surface area contributed by atoms with Crippen LogP contribution in [-0.2, 0) is 38.6 Å². The number of likely N-dealkylation sites (N-methyl/N-ethyl adjacent to an activating group) is 1. The van der Waals surface area contributed by atoms with E-state index >= 15 is 0 Å². The Bertz CT molecular complexity index is 1950. The van der Waals surface area contributed by atoms with Crippen LogP contribution < -0.4 is 0 Å². The van der Waals surface area contributed by atoms with E-state index in [0.29, 0.717) is 12.1 Å². The molecule has 314 valence electrons. The highest BCUT2D eigenvalue weighted by atomic mass is 16.6. The lowest BCUT2D eigenvalue weighted by Crippen LogP contribution is -2.54. The van der Waals surface area contributed by atoms with E-state index in [1.54, 1.807) is 53.5 Å². The first-order chi connectivity index (χ1) is 27.3. The third-order valence-electron chi connectivity index (χ3n) is 9.65. The molecule has 2 atom stereocenters. The van der Waals surface area contributed by atoms with Crippen molar-refractivity contribution in [1.29, 1.82) is 0 Å². The number of rotatable bonds is 18. The molecule has 0 saturated heterocycles. The molecule has 58 heavy (non-hydrogen) atoms. The Morgan fingerprint density at radius 2 is 1.28 bits per heavy atom. The zero-order valence-corrected chi connectivity index (χ0v) is 35.8. The van der Waals surface area contributed by atoms with Gasteiger partial charge in [-0.25, -0.2) is 9.59 Å². The molecule has 0 bridgehead atoms. The molecular formula is C46H63N5O7. The number of fused-ring (bicyclic) bond motifs is 1. The van der Waals surface area contributed by atoms with Crippen molar-refractivity contribution in [1.82, 2.24) is 24.2 Å². The molecule has 0 fully saturated rings. The molecule has 0 aliphatic carbocycles. The average Bonchev–Trinajstić information content (AvgIpc) is 3.50.